The Labute approximate surface area is 122 Å². The van der Waals surface area contributed by atoms with Crippen molar-refractivity contribution in [2.45, 2.75) is 32.4 Å². The molecule has 0 aliphatic rings. The molecule has 0 aliphatic carbocycles. The minimum Gasteiger partial charge on any atom is -0.360 e. The first-order chi connectivity index (χ1) is 8.87. The largest absolute Gasteiger partial charge is 0.360 e. The standard InChI is InChI=1S/C11H16Cl2N4OSi/c1-19(2,3)5-4-18-7-17-8-6-14-11(13)15-9(8)10(12)16-17/h6H,4-5,7H2,1-3H3. The van der Waals surface area contributed by atoms with Crippen LogP contribution in [0.2, 0.25) is 36.1 Å². The van der Waals surface area contributed by atoms with Crippen molar-refractivity contribution in [1.29, 1.82) is 0 Å². The maximum absolute atomic E-state index is 6.01. The molecule has 2 aromatic rings. The van der Waals surface area contributed by atoms with Crippen LogP contribution in [0, 0.1) is 0 Å². The topological polar surface area (TPSA) is 52.8 Å². The number of nitrogens with zero attached hydrogens (tertiary/aromatic N) is 4. The second kappa shape index (κ2) is 5.74. The van der Waals surface area contributed by atoms with Gasteiger partial charge < -0.3 is 4.74 Å². The van der Waals surface area contributed by atoms with Gasteiger partial charge in [-0.15, -0.1) is 0 Å². The Hall–Kier alpha value is -0.693. The first-order valence-electron chi connectivity index (χ1n) is 5.99. The van der Waals surface area contributed by atoms with Crippen molar-refractivity contribution in [1.82, 2.24) is 19.7 Å². The van der Waals surface area contributed by atoms with Crippen LogP contribution in [0.4, 0.5) is 0 Å². The van der Waals surface area contributed by atoms with Gasteiger partial charge in [0.2, 0.25) is 5.28 Å². The minimum atomic E-state index is -1.07. The highest BCUT2D eigenvalue weighted by atomic mass is 35.5. The maximum Gasteiger partial charge on any atom is 0.223 e. The highest BCUT2D eigenvalue weighted by Gasteiger charge is 2.14. The highest BCUT2D eigenvalue weighted by molar-refractivity contribution is 6.76. The second-order valence-corrected chi connectivity index (χ2v) is 11.8. The number of aromatic nitrogens is 4. The molecule has 2 rings (SSSR count). The summed E-state index contributed by atoms with van der Waals surface area (Å²) in [6, 6.07) is 1.11. The van der Waals surface area contributed by atoms with Gasteiger partial charge in [0.25, 0.3) is 0 Å². The van der Waals surface area contributed by atoms with E-state index in [1.165, 1.54) is 0 Å². The Morgan fingerprint density at radius 3 is 2.74 bits per heavy atom. The lowest BCUT2D eigenvalue weighted by Crippen LogP contribution is -2.22. The molecule has 8 heteroatoms. The van der Waals surface area contributed by atoms with Gasteiger partial charge >= 0.3 is 0 Å². The van der Waals surface area contributed by atoms with Crippen LogP contribution in [0.5, 0.6) is 0 Å². The minimum absolute atomic E-state index is 0.161. The van der Waals surface area contributed by atoms with Crippen molar-refractivity contribution < 1.29 is 4.74 Å². The van der Waals surface area contributed by atoms with Gasteiger partial charge in [-0.1, -0.05) is 31.2 Å². The average molecular weight is 319 g/mol. The molecule has 0 unspecified atom stereocenters. The molecule has 5 nitrogen and oxygen atoms in total. The van der Waals surface area contributed by atoms with Gasteiger partial charge in [0, 0.05) is 14.7 Å². The van der Waals surface area contributed by atoms with Crippen molar-refractivity contribution in [3.05, 3.63) is 16.6 Å². The van der Waals surface area contributed by atoms with E-state index in [1.807, 2.05) is 0 Å². The number of ether oxygens (including phenoxy) is 1. The first-order valence-corrected chi connectivity index (χ1v) is 10.5. The number of fused-ring (bicyclic) bond motifs is 1. The van der Waals surface area contributed by atoms with Crippen LogP contribution in [0.15, 0.2) is 6.20 Å². The third-order valence-corrected chi connectivity index (χ3v) is 4.77. The Kier molecular flexibility index (Phi) is 4.45. The zero-order valence-electron chi connectivity index (χ0n) is 11.2. The SMILES string of the molecule is C[Si](C)(C)CCOCn1nc(Cl)c2nc(Cl)ncc21. The molecule has 0 spiro atoms. The van der Waals surface area contributed by atoms with E-state index in [0.717, 1.165) is 18.2 Å². The van der Waals surface area contributed by atoms with E-state index in [0.29, 0.717) is 17.4 Å². The Morgan fingerprint density at radius 2 is 2.05 bits per heavy atom. The number of hydrogen-bond acceptors (Lipinski definition) is 4. The molecular formula is C11H16Cl2N4OSi. The van der Waals surface area contributed by atoms with Crippen LogP contribution in [0.25, 0.3) is 11.0 Å². The Balaban J connectivity index is 2.05. The summed E-state index contributed by atoms with van der Waals surface area (Å²) in [5, 5.41) is 4.65. The summed E-state index contributed by atoms with van der Waals surface area (Å²) >= 11 is 11.7. The van der Waals surface area contributed by atoms with Crippen molar-refractivity contribution >= 4 is 42.3 Å². The second-order valence-electron chi connectivity index (χ2n) is 5.51. The zero-order chi connectivity index (χ0) is 14.0. The Bertz CT molecular complexity index is 582. The molecule has 0 bridgehead atoms. The first kappa shape index (κ1) is 14.7. The fourth-order valence-electron chi connectivity index (χ4n) is 1.53. The van der Waals surface area contributed by atoms with Gasteiger partial charge in [0.1, 0.15) is 17.8 Å². The lowest BCUT2D eigenvalue weighted by Gasteiger charge is -2.15. The number of hydrogen-bond donors (Lipinski definition) is 0. The quantitative estimate of drug-likeness (QED) is 0.481. The predicted molar refractivity (Wildman–Crippen MR) is 79.4 cm³/mol. The van der Waals surface area contributed by atoms with Crippen molar-refractivity contribution in [2.24, 2.45) is 0 Å². The molecule has 2 aromatic heterocycles. The van der Waals surface area contributed by atoms with Crippen molar-refractivity contribution in [2.75, 3.05) is 6.61 Å². The molecule has 0 aliphatic heterocycles. The molecule has 19 heavy (non-hydrogen) atoms. The van der Waals surface area contributed by atoms with E-state index in [2.05, 4.69) is 34.7 Å². The molecular weight excluding hydrogens is 303 g/mol. The molecule has 0 amide bonds. The summed E-state index contributed by atoms with van der Waals surface area (Å²) in [7, 11) is -1.07. The van der Waals surface area contributed by atoms with Gasteiger partial charge in [0.15, 0.2) is 5.15 Å². The van der Waals surface area contributed by atoms with Crippen LogP contribution in [0.1, 0.15) is 0 Å². The van der Waals surface area contributed by atoms with Crippen LogP contribution < -0.4 is 0 Å². The van der Waals surface area contributed by atoms with Gasteiger partial charge in [-0.05, 0) is 17.6 Å². The lowest BCUT2D eigenvalue weighted by atomic mass is 10.5. The third-order valence-electron chi connectivity index (χ3n) is 2.63. The summed E-state index contributed by atoms with van der Waals surface area (Å²) < 4.78 is 7.29. The van der Waals surface area contributed by atoms with Crippen LogP contribution >= 0.6 is 23.2 Å². The fourth-order valence-corrected chi connectivity index (χ4v) is 2.65. The lowest BCUT2D eigenvalue weighted by molar-refractivity contribution is 0.0817. The molecule has 2 heterocycles. The average Bonchev–Trinajstić information content (AvgIpc) is 2.60. The number of rotatable bonds is 5. The fraction of sp³-hybridized carbons (Fsp3) is 0.545. The van der Waals surface area contributed by atoms with Crippen LogP contribution in [-0.2, 0) is 11.5 Å². The molecule has 0 aromatic carbocycles. The van der Waals surface area contributed by atoms with Crippen LogP contribution in [-0.4, -0.2) is 34.4 Å². The molecule has 0 atom stereocenters. The van der Waals surface area contributed by atoms with Gasteiger partial charge in [-0.25, -0.2) is 14.6 Å². The van der Waals surface area contributed by atoms with E-state index in [-0.39, 0.29) is 5.28 Å². The van der Waals surface area contributed by atoms with E-state index < -0.39 is 8.07 Å². The molecule has 0 fully saturated rings. The van der Waals surface area contributed by atoms with E-state index in [1.54, 1.807) is 10.9 Å². The highest BCUT2D eigenvalue weighted by Crippen LogP contribution is 2.21. The zero-order valence-corrected chi connectivity index (χ0v) is 13.7. The van der Waals surface area contributed by atoms with Gasteiger partial charge in [-0.3, -0.25) is 0 Å². The van der Waals surface area contributed by atoms with Crippen molar-refractivity contribution in [3.63, 3.8) is 0 Å². The number of halogens is 2. The summed E-state index contributed by atoms with van der Waals surface area (Å²) in [5.41, 5.74) is 1.28. The van der Waals surface area contributed by atoms with E-state index in [4.69, 9.17) is 27.9 Å². The van der Waals surface area contributed by atoms with E-state index >= 15 is 0 Å². The van der Waals surface area contributed by atoms with Gasteiger partial charge in [0.05, 0.1) is 6.20 Å². The smallest absolute Gasteiger partial charge is 0.223 e. The molecule has 0 N–H and O–H groups in total. The van der Waals surface area contributed by atoms with Gasteiger partial charge in [-0.2, -0.15) is 5.10 Å². The molecule has 104 valence electrons. The normalized spacial score (nSPS) is 12.3. The molecule has 0 saturated heterocycles. The summed E-state index contributed by atoms with van der Waals surface area (Å²) in [6.07, 6.45) is 1.60. The third kappa shape index (κ3) is 3.89. The summed E-state index contributed by atoms with van der Waals surface area (Å²) in [5.74, 6) is 0. The molecule has 0 radical (unpaired) electrons. The van der Waals surface area contributed by atoms with Crippen molar-refractivity contribution in [3.8, 4) is 0 Å². The summed E-state index contributed by atoms with van der Waals surface area (Å²) in [6.45, 7) is 8.01. The predicted octanol–water partition coefficient (Wildman–Crippen LogP) is 3.45. The monoisotopic (exact) mass is 318 g/mol. The summed E-state index contributed by atoms with van der Waals surface area (Å²) in [4.78, 5) is 7.99. The van der Waals surface area contributed by atoms with Crippen LogP contribution in [0.3, 0.4) is 0 Å². The maximum atomic E-state index is 6.01. The van der Waals surface area contributed by atoms with E-state index in [9.17, 15) is 0 Å². The molecule has 0 saturated carbocycles. The Morgan fingerprint density at radius 1 is 1.32 bits per heavy atom.